The fourth-order valence-corrected chi connectivity index (χ4v) is 4.42. The molecule has 0 fully saturated rings. The summed E-state index contributed by atoms with van der Waals surface area (Å²) in [5.74, 6) is -0.853. The smallest absolute Gasteiger partial charge is 0.545 e. The van der Waals surface area contributed by atoms with Gasteiger partial charge in [-0.3, -0.25) is 4.79 Å². The Kier molecular flexibility index (Phi) is 7.66. The average molecular weight is 495 g/mol. The van der Waals surface area contributed by atoms with Gasteiger partial charge in [-0.1, -0.05) is 35.9 Å². The standard InChI is InChI=1S/C26H20N2O5S.Na/c1-15-2-4-16(5-3-15)12-19(25(29)18-7-9-22-23(14-18)33-11-10-32-22)24(26(30)31)17-6-8-20-21(13-17)28-34-27-20;/h2-9,13-14H,10-12H2,1H3,(H,30,31);/q;+1/p-1/b24-19+;. The second-order valence-corrected chi connectivity index (χ2v) is 8.49. The predicted octanol–water partition coefficient (Wildman–Crippen LogP) is 0.404. The zero-order valence-electron chi connectivity index (χ0n) is 19.2. The quantitative estimate of drug-likeness (QED) is 0.217. The van der Waals surface area contributed by atoms with Crippen molar-refractivity contribution in [1.82, 2.24) is 8.75 Å². The molecule has 1 aromatic heterocycles. The second-order valence-electron chi connectivity index (χ2n) is 7.96. The zero-order chi connectivity index (χ0) is 23.7. The van der Waals surface area contributed by atoms with Crippen molar-refractivity contribution in [3.8, 4) is 11.5 Å². The van der Waals surface area contributed by atoms with Gasteiger partial charge in [-0.15, -0.1) is 0 Å². The molecule has 0 atom stereocenters. The number of hydrogen-bond donors (Lipinski definition) is 0. The summed E-state index contributed by atoms with van der Waals surface area (Å²) in [5, 5.41) is 12.4. The number of fused-ring (bicyclic) bond motifs is 2. The fourth-order valence-electron chi connectivity index (χ4n) is 3.90. The number of carbonyl (C=O) groups excluding carboxylic acids is 2. The van der Waals surface area contributed by atoms with Gasteiger partial charge in [-0.05, 0) is 48.4 Å². The van der Waals surface area contributed by atoms with Gasteiger partial charge in [0.15, 0.2) is 17.3 Å². The van der Waals surface area contributed by atoms with Crippen LogP contribution in [0, 0.1) is 6.92 Å². The second kappa shape index (κ2) is 10.7. The molecule has 170 valence electrons. The van der Waals surface area contributed by atoms with E-state index in [1.807, 2.05) is 31.2 Å². The van der Waals surface area contributed by atoms with E-state index in [0.29, 0.717) is 46.9 Å². The Morgan fingerprint density at radius 2 is 1.57 bits per heavy atom. The topological polar surface area (TPSA) is 101 Å². The molecule has 4 aromatic rings. The third-order valence-electron chi connectivity index (χ3n) is 5.63. The molecule has 0 unspecified atom stereocenters. The molecule has 0 bridgehead atoms. The number of aryl methyl sites for hydroxylation is 1. The van der Waals surface area contributed by atoms with Crippen molar-refractivity contribution in [3.63, 3.8) is 0 Å². The molecular formula is C26H19N2NaO5S. The van der Waals surface area contributed by atoms with Gasteiger partial charge in [0.1, 0.15) is 24.2 Å². The minimum atomic E-state index is -1.43. The summed E-state index contributed by atoms with van der Waals surface area (Å²) in [6.07, 6.45) is 0.115. The van der Waals surface area contributed by atoms with E-state index in [2.05, 4.69) is 8.75 Å². The maximum Gasteiger partial charge on any atom is 1.00 e. The first kappa shape index (κ1) is 25.1. The summed E-state index contributed by atoms with van der Waals surface area (Å²) in [6, 6.07) is 17.4. The number of aliphatic carboxylic acids is 1. The van der Waals surface area contributed by atoms with Crippen LogP contribution in [0.1, 0.15) is 27.0 Å². The van der Waals surface area contributed by atoms with E-state index in [0.717, 1.165) is 22.9 Å². The van der Waals surface area contributed by atoms with Gasteiger partial charge in [0, 0.05) is 23.1 Å². The molecule has 5 rings (SSSR count). The van der Waals surface area contributed by atoms with E-state index in [1.165, 1.54) is 0 Å². The number of carboxylic acid groups (broad SMARTS) is 1. The number of nitrogens with zero attached hydrogens (tertiary/aromatic N) is 2. The summed E-state index contributed by atoms with van der Waals surface area (Å²) in [7, 11) is 0. The molecule has 35 heavy (non-hydrogen) atoms. The zero-order valence-corrected chi connectivity index (χ0v) is 22.1. The van der Waals surface area contributed by atoms with Crippen LogP contribution in [0.5, 0.6) is 11.5 Å². The Balaban J connectivity index is 0.00000289. The van der Waals surface area contributed by atoms with Crippen molar-refractivity contribution in [2.24, 2.45) is 0 Å². The third kappa shape index (κ3) is 5.31. The molecule has 7 nitrogen and oxygen atoms in total. The Morgan fingerprint density at radius 1 is 0.886 bits per heavy atom. The Morgan fingerprint density at radius 3 is 2.31 bits per heavy atom. The molecule has 0 spiro atoms. The fraction of sp³-hybridized carbons (Fsp3) is 0.154. The van der Waals surface area contributed by atoms with Crippen molar-refractivity contribution in [1.29, 1.82) is 0 Å². The SMILES string of the molecule is Cc1ccc(C/C(C(=O)c2ccc3c(c2)OCCO3)=C(\C(=O)[O-])c2ccc3nsnc3c2)cc1.[Na+]. The van der Waals surface area contributed by atoms with Crippen molar-refractivity contribution in [3.05, 3.63) is 88.5 Å². The van der Waals surface area contributed by atoms with Gasteiger partial charge in [-0.2, -0.15) is 8.75 Å². The first-order chi connectivity index (χ1) is 16.5. The number of hydrogen-bond acceptors (Lipinski definition) is 8. The van der Waals surface area contributed by atoms with Crippen molar-refractivity contribution in [2.75, 3.05) is 13.2 Å². The van der Waals surface area contributed by atoms with Gasteiger partial charge in [0.2, 0.25) is 0 Å². The van der Waals surface area contributed by atoms with E-state index < -0.39 is 11.8 Å². The number of carboxylic acids is 1. The summed E-state index contributed by atoms with van der Waals surface area (Å²) >= 11 is 1.04. The molecule has 0 radical (unpaired) electrons. The van der Waals surface area contributed by atoms with Crippen LogP contribution in [-0.2, 0) is 11.2 Å². The van der Waals surface area contributed by atoms with Crippen molar-refractivity contribution in [2.45, 2.75) is 13.3 Å². The maximum atomic E-state index is 13.8. The molecule has 1 aliphatic heterocycles. The van der Waals surface area contributed by atoms with Gasteiger partial charge >= 0.3 is 29.6 Å². The van der Waals surface area contributed by atoms with Gasteiger partial charge in [0.25, 0.3) is 0 Å². The number of allylic oxidation sites excluding steroid dienone is 1. The average Bonchev–Trinajstić information content (AvgIpc) is 3.32. The number of rotatable bonds is 6. The molecule has 1 aliphatic rings. The molecule has 2 heterocycles. The van der Waals surface area contributed by atoms with Crippen LogP contribution < -0.4 is 44.1 Å². The number of carbonyl (C=O) groups is 2. The van der Waals surface area contributed by atoms with Crippen LogP contribution >= 0.6 is 11.7 Å². The van der Waals surface area contributed by atoms with E-state index >= 15 is 0 Å². The summed E-state index contributed by atoms with van der Waals surface area (Å²) in [4.78, 5) is 26.2. The number of Topliss-reactive ketones (excluding diaryl/α,β-unsaturated/α-hetero) is 1. The maximum absolute atomic E-state index is 13.8. The largest absolute Gasteiger partial charge is 1.00 e. The van der Waals surface area contributed by atoms with E-state index in [-0.39, 0.29) is 47.1 Å². The van der Waals surface area contributed by atoms with Crippen molar-refractivity contribution < 1.29 is 53.7 Å². The monoisotopic (exact) mass is 494 g/mol. The van der Waals surface area contributed by atoms with Crippen LogP contribution in [0.15, 0.2) is 66.2 Å². The molecule has 0 saturated carbocycles. The van der Waals surface area contributed by atoms with Crippen molar-refractivity contribution >= 4 is 40.1 Å². The molecule has 9 heteroatoms. The number of aromatic nitrogens is 2. The summed E-state index contributed by atoms with van der Waals surface area (Å²) < 4.78 is 19.5. The summed E-state index contributed by atoms with van der Waals surface area (Å²) in [5.41, 5.74) is 3.68. The summed E-state index contributed by atoms with van der Waals surface area (Å²) in [6.45, 7) is 2.77. The van der Waals surface area contributed by atoms with Crippen LogP contribution in [0.25, 0.3) is 16.6 Å². The first-order valence-electron chi connectivity index (χ1n) is 10.7. The van der Waals surface area contributed by atoms with Crippen LogP contribution in [0.2, 0.25) is 0 Å². The number of ether oxygens (including phenoxy) is 2. The first-order valence-corrected chi connectivity index (χ1v) is 11.4. The van der Waals surface area contributed by atoms with E-state index in [4.69, 9.17) is 9.47 Å². The van der Waals surface area contributed by atoms with Crippen LogP contribution in [-0.4, -0.2) is 33.7 Å². The Bertz CT molecular complexity index is 1450. The molecular weight excluding hydrogens is 475 g/mol. The Labute approximate surface area is 228 Å². The van der Waals surface area contributed by atoms with Gasteiger partial charge in [0.05, 0.1) is 17.7 Å². The number of ketones is 1. The molecule has 3 aromatic carbocycles. The van der Waals surface area contributed by atoms with Crippen LogP contribution in [0.4, 0.5) is 0 Å². The third-order valence-corrected chi connectivity index (χ3v) is 6.18. The number of benzene rings is 3. The van der Waals surface area contributed by atoms with Gasteiger partial charge in [-0.25, -0.2) is 0 Å². The molecule has 0 N–H and O–H groups in total. The molecule has 0 aliphatic carbocycles. The molecule has 0 amide bonds. The van der Waals surface area contributed by atoms with E-state index in [1.54, 1.807) is 36.4 Å². The minimum Gasteiger partial charge on any atom is -0.545 e. The Hall–Kier alpha value is -3.04. The minimum absolute atomic E-state index is 0. The molecule has 0 saturated heterocycles. The van der Waals surface area contributed by atoms with Gasteiger partial charge < -0.3 is 19.4 Å². The normalized spacial score (nSPS) is 13.1. The predicted molar refractivity (Wildman–Crippen MR) is 126 cm³/mol. The van der Waals surface area contributed by atoms with Crippen LogP contribution in [0.3, 0.4) is 0 Å². The van der Waals surface area contributed by atoms with E-state index in [9.17, 15) is 14.7 Å².